The van der Waals surface area contributed by atoms with E-state index in [4.69, 9.17) is 11.5 Å². The molecule has 0 radical (unpaired) electrons. The monoisotopic (exact) mass is 219 g/mol. The predicted molar refractivity (Wildman–Crippen MR) is 65.2 cm³/mol. The Labute approximate surface area is 95.2 Å². The van der Waals surface area contributed by atoms with Crippen LogP contribution in [0.1, 0.15) is 18.4 Å². The van der Waals surface area contributed by atoms with Gasteiger partial charge in [-0.05, 0) is 43.5 Å². The van der Waals surface area contributed by atoms with Gasteiger partial charge in [0.25, 0.3) is 0 Å². The van der Waals surface area contributed by atoms with E-state index < -0.39 is 0 Å². The second-order valence-electron chi connectivity index (χ2n) is 4.30. The summed E-state index contributed by atoms with van der Waals surface area (Å²) in [6.07, 6.45) is 1.86. The van der Waals surface area contributed by atoms with Crippen molar-refractivity contribution >= 4 is 17.3 Å². The molecule has 1 unspecified atom stereocenters. The number of hydrogen-bond donors (Lipinski definition) is 2. The number of nitrogen functional groups attached to an aromatic ring is 1. The van der Waals surface area contributed by atoms with E-state index in [1.54, 1.807) is 0 Å². The molecular weight excluding hydrogens is 202 g/mol. The third-order valence-electron chi connectivity index (χ3n) is 3.11. The average molecular weight is 219 g/mol. The Hall–Kier alpha value is -1.71. The van der Waals surface area contributed by atoms with Crippen LogP contribution in [0.2, 0.25) is 0 Å². The molecule has 16 heavy (non-hydrogen) atoms. The number of amides is 1. The van der Waals surface area contributed by atoms with Gasteiger partial charge in [-0.25, -0.2) is 0 Å². The van der Waals surface area contributed by atoms with E-state index in [2.05, 4.69) is 4.90 Å². The molecule has 1 aliphatic heterocycles. The van der Waals surface area contributed by atoms with Crippen LogP contribution < -0.4 is 16.4 Å². The van der Waals surface area contributed by atoms with Crippen LogP contribution in [-0.4, -0.2) is 18.5 Å². The third kappa shape index (κ3) is 1.83. The highest BCUT2D eigenvalue weighted by Gasteiger charge is 2.29. The lowest BCUT2D eigenvalue weighted by Gasteiger charge is -2.26. The summed E-state index contributed by atoms with van der Waals surface area (Å²) < 4.78 is 0. The molecule has 1 aromatic carbocycles. The summed E-state index contributed by atoms with van der Waals surface area (Å²) in [7, 11) is 0. The maximum absolute atomic E-state index is 11.3. The fraction of sp³-hybridized carbons (Fsp3) is 0.417. The van der Waals surface area contributed by atoms with Crippen LogP contribution in [0.5, 0.6) is 0 Å². The minimum atomic E-state index is -0.242. The number of anilines is 2. The summed E-state index contributed by atoms with van der Waals surface area (Å²) in [5.74, 6) is -0.242. The van der Waals surface area contributed by atoms with Crippen molar-refractivity contribution < 1.29 is 4.79 Å². The number of nitrogens with two attached hydrogens (primary N) is 2. The summed E-state index contributed by atoms with van der Waals surface area (Å²) in [5, 5.41) is 0. The number of carbonyl (C=O) groups is 1. The molecule has 4 heteroatoms. The number of hydrogen-bond acceptors (Lipinski definition) is 3. The lowest BCUT2D eigenvalue weighted by molar-refractivity contribution is -0.119. The largest absolute Gasteiger partial charge is 0.399 e. The zero-order valence-electron chi connectivity index (χ0n) is 9.44. The number of nitrogens with zero attached hydrogens (tertiary/aromatic N) is 1. The molecule has 0 aliphatic carbocycles. The van der Waals surface area contributed by atoms with Crippen molar-refractivity contribution in [1.29, 1.82) is 0 Å². The van der Waals surface area contributed by atoms with Crippen LogP contribution in [0.4, 0.5) is 11.4 Å². The Morgan fingerprint density at radius 3 is 2.88 bits per heavy atom. The quantitative estimate of drug-likeness (QED) is 0.730. The van der Waals surface area contributed by atoms with Crippen LogP contribution in [0.3, 0.4) is 0 Å². The van der Waals surface area contributed by atoms with Crippen molar-refractivity contribution in [2.24, 2.45) is 5.73 Å². The van der Waals surface area contributed by atoms with Gasteiger partial charge in [-0.1, -0.05) is 0 Å². The van der Waals surface area contributed by atoms with Crippen LogP contribution >= 0.6 is 0 Å². The third-order valence-corrected chi connectivity index (χ3v) is 3.11. The second-order valence-corrected chi connectivity index (χ2v) is 4.30. The molecule has 1 fully saturated rings. The zero-order valence-corrected chi connectivity index (χ0v) is 9.44. The van der Waals surface area contributed by atoms with Crippen molar-refractivity contribution in [2.45, 2.75) is 25.8 Å². The SMILES string of the molecule is Cc1cc(N)ccc1N1CCCC1C(N)=O. The van der Waals surface area contributed by atoms with E-state index in [0.29, 0.717) is 0 Å². The van der Waals surface area contributed by atoms with Crippen molar-refractivity contribution in [3.8, 4) is 0 Å². The van der Waals surface area contributed by atoms with Gasteiger partial charge < -0.3 is 16.4 Å². The summed E-state index contributed by atoms with van der Waals surface area (Å²) in [5.41, 5.74) is 14.0. The lowest BCUT2D eigenvalue weighted by Crippen LogP contribution is -2.40. The van der Waals surface area contributed by atoms with Gasteiger partial charge in [0.1, 0.15) is 6.04 Å². The fourth-order valence-corrected chi connectivity index (χ4v) is 2.35. The molecule has 1 amide bonds. The van der Waals surface area contributed by atoms with Crippen molar-refractivity contribution in [3.63, 3.8) is 0 Å². The smallest absolute Gasteiger partial charge is 0.240 e. The van der Waals surface area contributed by atoms with Crippen molar-refractivity contribution in [3.05, 3.63) is 23.8 Å². The van der Waals surface area contributed by atoms with Crippen LogP contribution in [0, 0.1) is 6.92 Å². The molecule has 0 spiro atoms. The van der Waals surface area contributed by atoms with E-state index in [1.807, 2.05) is 25.1 Å². The van der Waals surface area contributed by atoms with E-state index in [1.165, 1.54) is 0 Å². The number of primary amides is 1. The van der Waals surface area contributed by atoms with Gasteiger partial charge in [-0.2, -0.15) is 0 Å². The molecule has 1 heterocycles. The fourth-order valence-electron chi connectivity index (χ4n) is 2.35. The number of rotatable bonds is 2. The predicted octanol–water partition coefficient (Wildman–Crippen LogP) is 1.03. The van der Waals surface area contributed by atoms with E-state index in [-0.39, 0.29) is 11.9 Å². The van der Waals surface area contributed by atoms with E-state index in [0.717, 1.165) is 36.3 Å². The van der Waals surface area contributed by atoms with Gasteiger partial charge in [-0.15, -0.1) is 0 Å². The number of carbonyl (C=O) groups excluding carboxylic acids is 1. The molecule has 2 rings (SSSR count). The molecule has 4 nitrogen and oxygen atoms in total. The standard InChI is InChI=1S/C12H17N3O/c1-8-7-9(13)4-5-10(8)15-6-2-3-11(15)12(14)16/h4-5,7,11H,2-3,6,13H2,1H3,(H2,14,16). The summed E-state index contributed by atoms with van der Waals surface area (Å²) in [6, 6.07) is 5.58. The summed E-state index contributed by atoms with van der Waals surface area (Å²) in [4.78, 5) is 13.4. The van der Waals surface area contributed by atoms with E-state index >= 15 is 0 Å². The molecule has 1 saturated heterocycles. The summed E-state index contributed by atoms with van der Waals surface area (Å²) >= 11 is 0. The minimum Gasteiger partial charge on any atom is -0.399 e. The van der Waals surface area contributed by atoms with Gasteiger partial charge in [0.2, 0.25) is 5.91 Å². The lowest BCUT2D eigenvalue weighted by atomic mass is 10.1. The first-order valence-corrected chi connectivity index (χ1v) is 5.51. The first-order chi connectivity index (χ1) is 7.59. The minimum absolute atomic E-state index is 0.165. The van der Waals surface area contributed by atoms with Gasteiger partial charge in [-0.3, -0.25) is 4.79 Å². The first-order valence-electron chi connectivity index (χ1n) is 5.51. The topological polar surface area (TPSA) is 72.3 Å². The van der Waals surface area contributed by atoms with Gasteiger partial charge in [0.05, 0.1) is 0 Å². The normalized spacial score (nSPS) is 20.1. The first kappa shape index (κ1) is 10.8. The van der Waals surface area contributed by atoms with Crippen molar-refractivity contribution in [2.75, 3.05) is 17.2 Å². The highest BCUT2D eigenvalue weighted by Crippen LogP contribution is 2.29. The highest BCUT2D eigenvalue weighted by molar-refractivity contribution is 5.84. The molecule has 0 bridgehead atoms. The zero-order chi connectivity index (χ0) is 11.7. The molecule has 0 aromatic heterocycles. The van der Waals surface area contributed by atoms with E-state index in [9.17, 15) is 4.79 Å². The van der Waals surface area contributed by atoms with Crippen LogP contribution in [0.15, 0.2) is 18.2 Å². The Morgan fingerprint density at radius 2 is 2.25 bits per heavy atom. The Morgan fingerprint density at radius 1 is 1.50 bits per heavy atom. The molecule has 1 aliphatic rings. The average Bonchev–Trinajstić information content (AvgIpc) is 2.66. The maximum Gasteiger partial charge on any atom is 0.240 e. The van der Waals surface area contributed by atoms with Gasteiger partial charge in [0, 0.05) is 17.9 Å². The van der Waals surface area contributed by atoms with Gasteiger partial charge >= 0.3 is 0 Å². The second kappa shape index (κ2) is 4.04. The van der Waals surface area contributed by atoms with Crippen molar-refractivity contribution in [1.82, 2.24) is 0 Å². The number of benzene rings is 1. The Kier molecular flexibility index (Phi) is 2.73. The Bertz CT molecular complexity index is 417. The molecule has 1 atom stereocenters. The molecule has 1 aromatic rings. The number of aryl methyl sites for hydroxylation is 1. The maximum atomic E-state index is 11.3. The highest BCUT2D eigenvalue weighted by atomic mass is 16.1. The molecule has 86 valence electrons. The molecule has 0 saturated carbocycles. The Balaban J connectivity index is 2.32. The van der Waals surface area contributed by atoms with Gasteiger partial charge in [0.15, 0.2) is 0 Å². The molecule has 4 N–H and O–H groups in total. The molecular formula is C12H17N3O. The summed E-state index contributed by atoms with van der Waals surface area (Å²) in [6.45, 7) is 2.89. The van der Waals surface area contributed by atoms with Crippen LogP contribution in [0.25, 0.3) is 0 Å². The van der Waals surface area contributed by atoms with Crippen LogP contribution in [-0.2, 0) is 4.79 Å².